The number of rotatable bonds is 7. The lowest BCUT2D eigenvalue weighted by Crippen LogP contribution is -2.52. The number of benzene rings is 2. The minimum atomic E-state index is -1.21. The van der Waals surface area contributed by atoms with E-state index in [1.54, 1.807) is 29.2 Å². The lowest BCUT2D eigenvalue weighted by molar-refractivity contribution is -0.142. The number of halogens is 1. The highest BCUT2D eigenvalue weighted by molar-refractivity contribution is 6.45. The van der Waals surface area contributed by atoms with Crippen LogP contribution >= 0.6 is 0 Å². The van der Waals surface area contributed by atoms with Gasteiger partial charge < -0.3 is 24.7 Å². The summed E-state index contributed by atoms with van der Waals surface area (Å²) in [5.74, 6) is -3.73. The number of carbonyl (C=O) groups is 4. The Labute approximate surface area is 198 Å². The van der Waals surface area contributed by atoms with Crippen LogP contribution in [0.5, 0.6) is 0 Å². The van der Waals surface area contributed by atoms with Gasteiger partial charge in [0.25, 0.3) is 17.6 Å². The molecule has 0 saturated carbocycles. The van der Waals surface area contributed by atoms with Crippen LogP contribution in [0.2, 0.25) is 0 Å². The highest BCUT2D eigenvalue weighted by atomic mass is 19.1. The molecule has 1 aliphatic rings. The van der Waals surface area contributed by atoms with Gasteiger partial charge in [-0.15, -0.1) is 0 Å². The number of ketones is 1. The smallest absolute Gasteiger partial charge is 0.344 e. The van der Waals surface area contributed by atoms with Gasteiger partial charge in [0.15, 0.2) is 0 Å². The zero-order valence-corrected chi connectivity index (χ0v) is 18.4. The number of hydrogen-bond donors (Lipinski definition) is 2. The normalized spacial score (nSPS) is 13.9. The summed E-state index contributed by atoms with van der Waals surface area (Å²) in [5, 5.41) is 12.0. The molecule has 2 amide bonds. The van der Waals surface area contributed by atoms with E-state index in [0.29, 0.717) is 11.1 Å². The molecule has 3 aromatic rings. The van der Waals surface area contributed by atoms with E-state index in [2.05, 4.69) is 15.0 Å². The first kappa shape index (κ1) is 23.6. The van der Waals surface area contributed by atoms with Crippen LogP contribution in [0.3, 0.4) is 0 Å². The number of amides is 2. The van der Waals surface area contributed by atoms with E-state index in [-0.39, 0.29) is 48.6 Å². The van der Waals surface area contributed by atoms with Crippen molar-refractivity contribution in [3.05, 3.63) is 71.2 Å². The standard InChI is InChI=1S/C24H21FN4O6/c25-18-7-6-16(12-27-35-14-19(30)31)21-20(18)17(13-26-21)22(32)24(34)29-10-8-28(9-11-29)23(33)15-4-2-1-3-5-15/h1-7,12-13,26H,8-11,14H2,(H,30,31). The zero-order valence-electron chi connectivity index (χ0n) is 18.4. The molecule has 1 aliphatic heterocycles. The first-order valence-corrected chi connectivity index (χ1v) is 10.7. The average molecular weight is 480 g/mol. The number of hydrogen-bond acceptors (Lipinski definition) is 6. The molecular weight excluding hydrogens is 459 g/mol. The number of nitrogens with zero attached hydrogens (tertiary/aromatic N) is 3. The Morgan fingerprint density at radius 2 is 1.71 bits per heavy atom. The van der Waals surface area contributed by atoms with Crippen molar-refractivity contribution in [2.45, 2.75) is 0 Å². The van der Waals surface area contributed by atoms with Crippen molar-refractivity contribution in [3.8, 4) is 0 Å². The summed E-state index contributed by atoms with van der Waals surface area (Å²) >= 11 is 0. The Balaban J connectivity index is 1.46. The topological polar surface area (TPSA) is 132 Å². The van der Waals surface area contributed by atoms with Crippen LogP contribution in [0, 0.1) is 5.82 Å². The largest absolute Gasteiger partial charge is 0.479 e. The summed E-state index contributed by atoms with van der Waals surface area (Å²) in [4.78, 5) is 59.3. The SMILES string of the molecule is O=C(O)CON=Cc1ccc(F)c2c(C(=O)C(=O)N3CCN(C(=O)c4ccccc4)CC3)c[nH]c12. The highest BCUT2D eigenvalue weighted by Gasteiger charge is 2.30. The Morgan fingerprint density at radius 1 is 1.03 bits per heavy atom. The minimum absolute atomic E-state index is 0.0802. The van der Waals surface area contributed by atoms with Crippen LogP contribution in [-0.4, -0.2) is 82.5 Å². The second-order valence-electron chi connectivity index (χ2n) is 7.77. The number of piperazine rings is 1. The second-order valence-corrected chi connectivity index (χ2v) is 7.77. The molecular formula is C24H21FN4O6. The summed E-state index contributed by atoms with van der Waals surface area (Å²) in [7, 11) is 0. The molecule has 11 heteroatoms. The maximum absolute atomic E-state index is 14.6. The molecule has 0 spiro atoms. The van der Waals surface area contributed by atoms with Gasteiger partial charge in [-0.1, -0.05) is 23.4 Å². The summed E-state index contributed by atoms with van der Waals surface area (Å²) in [6.07, 6.45) is 2.43. The molecule has 2 aromatic carbocycles. The molecule has 0 radical (unpaired) electrons. The molecule has 1 fully saturated rings. The molecule has 1 saturated heterocycles. The number of aromatic amines is 1. The summed E-state index contributed by atoms with van der Waals surface area (Å²) in [5.41, 5.74) is 0.964. The zero-order chi connectivity index (χ0) is 24.9. The van der Waals surface area contributed by atoms with Crippen LogP contribution in [0.1, 0.15) is 26.3 Å². The van der Waals surface area contributed by atoms with Gasteiger partial charge in [0, 0.05) is 48.9 Å². The summed E-state index contributed by atoms with van der Waals surface area (Å²) < 4.78 is 14.6. The van der Waals surface area contributed by atoms with Crippen molar-refractivity contribution in [3.63, 3.8) is 0 Å². The van der Waals surface area contributed by atoms with Gasteiger partial charge in [-0.3, -0.25) is 14.4 Å². The predicted molar refractivity (Wildman–Crippen MR) is 123 cm³/mol. The van der Waals surface area contributed by atoms with Crippen LogP contribution in [0.4, 0.5) is 4.39 Å². The van der Waals surface area contributed by atoms with Gasteiger partial charge in [-0.2, -0.15) is 0 Å². The van der Waals surface area contributed by atoms with Crippen LogP contribution < -0.4 is 0 Å². The molecule has 0 unspecified atom stereocenters. The first-order valence-electron chi connectivity index (χ1n) is 10.7. The number of Topliss-reactive ketones (excluding diaryl/α,β-unsaturated/α-hetero) is 1. The Bertz CT molecular complexity index is 1310. The maximum atomic E-state index is 14.6. The third kappa shape index (κ3) is 5.03. The van der Waals surface area contributed by atoms with Gasteiger partial charge in [0.1, 0.15) is 5.82 Å². The number of fused-ring (bicyclic) bond motifs is 1. The van der Waals surface area contributed by atoms with Crippen molar-refractivity contribution in [2.24, 2.45) is 5.16 Å². The molecule has 2 heterocycles. The van der Waals surface area contributed by atoms with Crippen LogP contribution in [0.15, 0.2) is 53.8 Å². The van der Waals surface area contributed by atoms with E-state index in [9.17, 15) is 23.6 Å². The van der Waals surface area contributed by atoms with Crippen LogP contribution in [0.25, 0.3) is 10.9 Å². The number of aromatic nitrogens is 1. The molecule has 0 aliphatic carbocycles. The lowest BCUT2D eigenvalue weighted by atomic mass is 10.0. The molecule has 10 nitrogen and oxygen atoms in total. The number of nitrogens with one attached hydrogen (secondary N) is 1. The van der Waals surface area contributed by atoms with Gasteiger partial charge in [-0.25, -0.2) is 9.18 Å². The monoisotopic (exact) mass is 480 g/mol. The van der Waals surface area contributed by atoms with E-state index in [1.165, 1.54) is 23.4 Å². The predicted octanol–water partition coefficient (Wildman–Crippen LogP) is 1.91. The van der Waals surface area contributed by atoms with Crippen molar-refractivity contribution in [2.75, 3.05) is 32.8 Å². The van der Waals surface area contributed by atoms with Gasteiger partial charge >= 0.3 is 5.97 Å². The molecule has 1 aromatic heterocycles. The van der Waals surface area contributed by atoms with Crippen molar-refractivity contribution >= 4 is 40.7 Å². The van der Waals surface area contributed by atoms with E-state index in [4.69, 9.17) is 5.11 Å². The lowest BCUT2D eigenvalue weighted by Gasteiger charge is -2.34. The number of H-pyrrole nitrogens is 1. The fourth-order valence-electron chi connectivity index (χ4n) is 3.84. The van der Waals surface area contributed by atoms with E-state index >= 15 is 0 Å². The molecule has 2 N–H and O–H groups in total. The third-order valence-corrected chi connectivity index (χ3v) is 5.58. The van der Waals surface area contributed by atoms with E-state index in [0.717, 1.165) is 6.07 Å². The molecule has 0 atom stereocenters. The Morgan fingerprint density at radius 3 is 2.40 bits per heavy atom. The number of oxime groups is 1. The maximum Gasteiger partial charge on any atom is 0.344 e. The van der Waals surface area contributed by atoms with E-state index < -0.39 is 30.1 Å². The Kier molecular flexibility index (Phi) is 6.86. The van der Waals surface area contributed by atoms with E-state index in [1.807, 2.05) is 6.07 Å². The van der Waals surface area contributed by atoms with Crippen molar-refractivity contribution in [1.82, 2.24) is 14.8 Å². The van der Waals surface area contributed by atoms with Crippen molar-refractivity contribution in [1.29, 1.82) is 0 Å². The Hall–Kier alpha value is -4.54. The summed E-state index contributed by atoms with van der Waals surface area (Å²) in [6, 6.07) is 11.3. The first-order chi connectivity index (χ1) is 16.9. The second kappa shape index (κ2) is 10.2. The molecule has 0 bridgehead atoms. The highest BCUT2D eigenvalue weighted by Crippen LogP contribution is 2.25. The number of aliphatic carboxylic acids is 1. The van der Waals surface area contributed by atoms with Gasteiger partial charge in [-0.05, 0) is 24.3 Å². The van der Waals surface area contributed by atoms with Gasteiger partial charge in [0.2, 0.25) is 6.61 Å². The minimum Gasteiger partial charge on any atom is -0.479 e. The van der Waals surface area contributed by atoms with Crippen LogP contribution in [-0.2, 0) is 14.4 Å². The fourth-order valence-corrected chi connectivity index (χ4v) is 3.84. The number of carboxylic acids is 1. The molecule has 35 heavy (non-hydrogen) atoms. The van der Waals surface area contributed by atoms with Gasteiger partial charge in [0.05, 0.1) is 17.3 Å². The number of carbonyl (C=O) groups excluding carboxylic acids is 3. The number of carboxylic acid groups (broad SMARTS) is 1. The fraction of sp³-hybridized carbons (Fsp3) is 0.208. The summed E-state index contributed by atoms with van der Waals surface area (Å²) in [6.45, 7) is 0.242. The quantitative estimate of drug-likeness (QED) is 0.230. The molecule has 4 rings (SSSR count). The average Bonchev–Trinajstić information content (AvgIpc) is 3.33. The molecule has 180 valence electrons. The van der Waals surface area contributed by atoms with Crippen molar-refractivity contribution < 1.29 is 33.5 Å². The third-order valence-electron chi connectivity index (χ3n) is 5.58.